The molecule has 2 rings (SSSR count). The second-order valence-corrected chi connectivity index (χ2v) is 7.60. The van der Waals surface area contributed by atoms with Gasteiger partial charge in [0.05, 0.1) is 0 Å². The molecule has 1 saturated carbocycles. The smallest absolute Gasteiger partial charge is 0.0297 e. The lowest BCUT2D eigenvalue weighted by Gasteiger charge is -2.36. The van der Waals surface area contributed by atoms with E-state index in [2.05, 4.69) is 49.7 Å². The van der Waals surface area contributed by atoms with Crippen LogP contribution in [0.4, 0.5) is 0 Å². The van der Waals surface area contributed by atoms with E-state index in [1.807, 2.05) is 0 Å². The molecule has 2 fully saturated rings. The van der Waals surface area contributed by atoms with Gasteiger partial charge < -0.3 is 5.32 Å². The van der Waals surface area contributed by atoms with E-state index in [1.54, 1.807) is 0 Å². The number of nitrogens with one attached hydrogen (secondary N) is 1. The fourth-order valence-electron chi connectivity index (χ4n) is 2.18. The molecule has 1 saturated heterocycles. The minimum Gasteiger partial charge on any atom is -0.316 e. The molecule has 4 unspecified atom stereocenters. The Morgan fingerprint density at radius 1 is 1.21 bits per heavy atom. The quantitative estimate of drug-likeness (QED) is 0.802. The standard InChI is InChI=1S/C11H21NS2/c1-7-8(2)14-10(6-13-7)11(12-3)9-4-5-9/h7-12H,4-6H2,1-3H3. The van der Waals surface area contributed by atoms with E-state index < -0.39 is 0 Å². The Bertz CT molecular complexity index is 194. The van der Waals surface area contributed by atoms with Gasteiger partial charge in [0.15, 0.2) is 0 Å². The molecule has 0 aromatic rings. The first-order valence-corrected chi connectivity index (χ1v) is 7.66. The van der Waals surface area contributed by atoms with Crippen LogP contribution in [0.25, 0.3) is 0 Å². The van der Waals surface area contributed by atoms with Crippen LogP contribution in [0, 0.1) is 5.92 Å². The van der Waals surface area contributed by atoms with Crippen LogP contribution < -0.4 is 5.32 Å². The fourth-order valence-corrected chi connectivity index (χ4v) is 5.43. The minimum absolute atomic E-state index is 0.780. The molecule has 82 valence electrons. The van der Waals surface area contributed by atoms with E-state index in [0.29, 0.717) is 0 Å². The maximum atomic E-state index is 3.53. The molecule has 0 spiro atoms. The zero-order chi connectivity index (χ0) is 10.1. The molecule has 0 bridgehead atoms. The van der Waals surface area contributed by atoms with Crippen molar-refractivity contribution in [3.05, 3.63) is 0 Å². The van der Waals surface area contributed by atoms with Gasteiger partial charge in [-0.3, -0.25) is 0 Å². The monoisotopic (exact) mass is 231 g/mol. The number of thioether (sulfide) groups is 2. The van der Waals surface area contributed by atoms with E-state index in [4.69, 9.17) is 0 Å². The second-order valence-electron chi connectivity index (χ2n) is 4.57. The van der Waals surface area contributed by atoms with Gasteiger partial charge in [-0.25, -0.2) is 0 Å². The van der Waals surface area contributed by atoms with Crippen molar-refractivity contribution < 1.29 is 0 Å². The van der Waals surface area contributed by atoms with Gasteiger partial charge in [0.1, 0.15) is 0 Å². The Morgan fingerprint density at radius 2 is 1.93 bits per heavy atom. The summed E-state index contributed by atoms with van der Waals surface area (Å²) in [6, 6.07) is 0.780. The number of rotatable bonds is 3. The average Bonchev–Trinajstić information content (AvgIpc) is 2.96. The highest BCUT2D eigenvalue weighted by molar-refractivity contribution is 8.07. The van der Waals surface area contributed by atoms with Gasteiger partial charge in [0.25, 0.3) is 0 Å². The molecule has 0 radical (unpaired) electrons. The van der Waals surface area contributed by atoms with Gasteiger partial charge in [-0.2, -0.15) is 23.5 Å². The molecule has 0 aromatic heterocycles. The van der Waals surface area contributed by atoms with E-state index in [0.717, 1.165) is 27.7 Å². The Labute approximate surface area is 96.2 Å². The molecule has 1 nitrogen and oxygen atoms in total. The van der Waals surface area contributed by atoms with Crippen molar-refractivity contribution in [2.45, 2.75) is 48.5 Å². The summed E-state index contributed by atoms with van der Waals surface area (Å²) < 4.78 is 0. The van der Waals surface area contributed by atoms with Crippen molar-refractivity contribution in [2.75, 3.05) is 12.8 Å². The summed E-state index contributed by atoms with van der Waals surface area (Å²) in [6.07, 6.45) is 2.91. The summed E-state index contributed by atoms with van der Waals surface area (Å²) in [4.78, 5) is 0. The average molecular weight is 231 g/mol. The molecule has 3 heteroatoms. The topological polar surface area (TPSA) is 12.0 Å². The first-order chi connectivity index (χ1) is 6.72. The SMILES string of the molecule is CNC(C1CC1)C1CSC(C)C(C)S1. The third kappa shape index (κ3) is 2.42. The first-order valence-electron chi connectivity index (χ1n) is 5.66. The predicted octanol–water partition coefficient (Wildman–Crippen LogP) is 2.61. The van der Waals surface area contributed by atoms with Crippen molar-refractivity contribution in [3.8, 4) is 0 Å². The maximum Gasteiger partial charge on any atom is 0.0297 e. The van der Waals surface area contributed by atoms with Gasteiger partial charge in [-0.15, -0.1) is 0 Å². The molecular formula is C11H21NS2. The lowest BCUT2D eigenvalue weighted by Crippen LogP contribution is -2.43. The highest BCUT2D eigenvalue weighted by Gasteiger charge is 2.38. The minimum atomic E-state index is 0.780. The molecule has 14 heavy (non-hydrogen) atoms. The Kier molecular flexibility index (Phi) is 3.72. The summed E-state index contributed by atoms with van der Waals surface area (Å²) in [5.41, 5.74) is 0. The Morgan fingerprint density at radius 3 is 2.43 bits per heavy atom. The summed E-state index contributed by atoms with van der Waals surface area (Å²) in [7, 11) is 2.14. The van der Waals surface area contributed by atoms with Gasteiger partial charge >= 0.3 is 0 Å². The second kappa shape index (κ2) is 4.67. The predicted molar refractivity (Wildman–Crippen MR) is 68.3 cm³/mol. The largest absolute Gasteiger partial charge is 0.316 e. The van der Waals surface area contributed by atoms with Crippen molar-refractivity contribution in [2.24, 2.45) is 5.92 Å². The van der Waals surface area contributed by atoms with Gasteiger partial charge in [0, 0.05) is 27.5 Å². The lowest BCUT2D eigenvalue weighted by molar-refractivity contribution is 0.499. The van der Waals surface area contributed by atoms with Gasteiger partial charge in [0.2, 0.25) is 0 Å². The molecule has 1 aliphatic carbocycles. The van der Waals surface area contributed by atoms with Crippen LogP contribution >= 0.6 is 23.5 Å². The van der Waals surface area contributed by atoms with Crippen LogP contribution in [-0.2, 0) is 0 Å². The van der Waals surface area contributed by atoms with Crippen molar-refractivity contribution in [1.29, 1.82) is 0 Å². The zero-order valence-corrected chi connectivity index (χ0v) is 11.0. The van der Waals surface area contributed by atoms with Crippen molar-refractivity contribution >= 4 is 23.5 Å². The van der Waals surface area contributed by atoms with Crippen molar-refractivity contribution in [3.63, 3.8) is 0 Å². The van der Waals surface area contributed by atoms with E-state index in [9.17, 15) is 0 Å². The van der Waals surface area contributed by atoms with Crippen molar-refractivity contribution in [1.82, 2.24) is 5.32 Å². The maximum absolute atomic E-state index is 3.53. The summed E-state index contributed by atoms with van der Waals surface area (Å²) in [6.45, 7) is 4.75. The van der Waals surface area contributed by atoms with Gasteiger partial charge in [-0.1, -0.05) is 13.8 Å². The fraction of sp³-hybridized carbons (Fsp3) is 1.00. The van der Waals surface area contributed by atoms with E-state index >= 15 is 0 Å². The van der Waals surface area contributed by atoms with Crippen LogP contribution in [0.5, 0.6) is 0 Å². The summed E-state index contributed by atoms with van der Waals surface area (Å²) >= 11 is 4.37. The first kappa shape index (κ1) is 11.2. The molecule has 1 N–H and O–H groups in total. The lowest BCUT2D eigenvalue weighted by atomic mass is 10.1. The van der Waals surface area contributed by atoms with E-state index in [-0.39, 0.29) is 0 Å². The van der Waals surface area contributed by atoms with Gasteiger partial charge in [-0.05, 0) is 25.8 Å². The molecule has 4 atom stereocenters. The van der Waals surface area contributed by atoms with Crippen LogP contribution in [-0.4, -0.2) is 34.6 Å². The Balaban J connectivity index is 1.90. The van der Waals surface area contributed by atoms with Crippen LogP contribution in [0.2, 0.25) is 0 Å². The normalized spacial score (nSPS) is 40.9. The number of hydrogen-bond donors (Lipinski definition) is 1. The summed E-state index contributed by atoms with van der Waals surface area (Å²) in [5, 5.41) is 6.05. The zero-order valence-electron chi connectivity index (χ0n) is 9.32. The van der Waals surface area contributed by atoms with Crippen LogP contribution in [0.3, 0.4) is 0 Å². The van der Waals surface area contributed by atoms with Crippen LogP contribution in [0.15, 0.2) is 0 Å². The molecule has 0 amide bonds. The Hall–Kier alpha value is 0.660. The van der Waals surface area contributed by atoms with Crippen LogP contribution in [0.1, 0.15) is 26.7 Å². The molecule has 2 aliphatic rings. The highest BCUT2D eigenvalue weighted by Crippen LogP contribution is 2.43. The molecule has 0 aromatic carbocycles. The molecule has 1 aliphatic heterocycles. The molecule has 1 heterocycles. The number of hydrogen-bond acceptors (Lipinski definition) is 3. The summed E-state index contributed by atoms with van der Waals surface area (Å²) in [5.74, 6) is 2.33. The highest BCUT2D eigenvalue weighted by atomic mass is 32.2. The van der Waals surface area contributed by atoms with E-state index in [1.165, 1.54) is 18.6 Å². The third-order valence-corrected chi connectivity index (χ3v) is 6.95. The third-order valence-electron chi connectivity index (χ3n) is 3.44. The molecular weight excluding hydrogens is 210 g/mol.